The van der Waals surface area contributed by atoms with Crippen LogP contribution in [0.25, 0.3) is 5.57 Å². The molecule has 0 radical (unpaired) electrons. The van der Waals surface area contributed by atoms with Crippen LogP contribution in [0.1, 0.15) is 51.0 Å². The van der Waals surface area contributed by atoms with Crippen molar-refractivity contribution in [3.05, 3.63) is 107 Å². The molecule has 1 aromatic heterocycles. The normalized spacial score (nSPS) is 28.3. The van der Waals surface area contributed by atoms with E-state index in [2.05, 4.69) is 70.6 Å². The van der Waals surface area contributed by atoms with E-state index >= 15 is 0 Å². The minimum absolute atomic E-state index is 0.0536. The predicted molar refractivity (Wildman–Crippen MR) is 163 cm³/mol. The maximum atomic E-state index is 13.3. The Kier molecular flexibility index (Phi) is 7.97. The van der Waals surface area contributed by atoms with Gasteiger partial charge in [0, 0.05) is 35.8 Å². The van der Waals surface area contributed by atoms with Gasteiger partial charge in [-0.15, -0.1) is 0 Å². The van der Waals surface area contributed by atoms with Crippen molar-refractivity contribution < 1.29 is 13.2 Å². The Hall–Kier alpha value is -3.45. The van der Waals surface area contributed by atoms with Gasteiger partial charge in [0.2, 0.25) is 5.95 Å². The summed E-state index contributed by atoms with van der Waals surface area (Å²) in [6, 6.07) is 0. The molecule has 5 aliphatic rings. The molecule has 1 aliphatic heterocycles. The maximum absolute atomic E-state index is 13.3. The van der Waals surface area contributed by atoms with Gasteiger partial charge < -0.3 is 10.6 Å². The first-order chi connectivity index (χ1) is 20.3. The third-order valence-corrected chi connectivity index (χ3v) is 9.70. The van der Waals surface area contributed by atoms with Crippen LogP contribution in [0.5, 0.6) is 0 Å². The van der Waals surface area contributed by atoms with Gasteiger partial charge in [0.1, 0.15) is 0 Å². The van der Waals surface area contributed by atoms with Crippen LogP contribution in [-0.2, 0) is 0 Å². The van der Waals surface area contributed by atoms with Crippen LogP contribution in [0, 0.1) is 23.2 Å². The highest BCUT2D eigenvalue weighted by atomic mass is 19.4. The average Bonchev–Trinajstić information content (AvgIpc) is 3.64. The van der Waals surface area contributed by atoms with Crippen LogP contribution in [-0.4, -0.2) is 35.8 Å². The van der Waals surface area contributed by atoms with Gasteiger partial charge in [-0.3, -0.25) is 0 Å². The molecule has 3 unspecified atom stereocenters. The van der Waals surface area contributed by atoms with E-state index in [0.29, 0.717) is 17.3 Å². The molecule has 7 heteroatoms. The summed E-state index contributed by atoms with van der Waals surface area (Å²) >= 11 is 0. The van der Waals surface area contributed by atoms with Gasteiger partial charge in [-0.05, 0) is 91.3 Å². The van der Waals surface area contributed by atoms with E-state index in [-0.39, 0.29) is 12.1 Å². The number of alkyl halides is 3. The predicted octanol–water partition coefficient (Wildman–Crippen LogP) is 8.06. The highest BCUT2D eigenvalue weighted by molar-refractivity contribution is 5.80. The Morgan fingerprint density at radius 2 is 1.81 bits per heavy atom. The van der Waals surface area contributed by atoms with Gasteiger partial charge in [0.15, 0.2) is 0 Å². The zero-order valence-corrected chi connectivity index (χ0v) is 24.2. The summed E-state index contributed by atoms with van der Waals surface area (Å²) in [5.74, 6) is 1.35. The SMILES string of the molecule is C=C1C(C(F)(F)F)=CC=CC1CNc1ncc(C2=CCCC=C3C=CC(C4(C5CCNCC5)CC4C)=CCC2=C3)cn1. The Bertz CT molecular complexity index is 1430. The van der Waals surface area contributed by atoms with Crippen molar-refractivity contribution in [2.45, 2.75) is 51.6 Å². The van der Waals surface area contributed by atoms with Crippen molar-refractivity contribution in [3.63, 3.8) is 0 Å². The van der Waals surface area contributed by atoms with Crippen LogP contribution in [0.15, 0.2) is 102 Å². The highest BCUT2D eigenvalue weighted by Crippen LogP contribution is 2.65. The molecule has 3 atom stereocenters. The highest BCUT2D eigenvalue weighted by Gasteiger charge is 2.57. The number of hydrogen-bond donors (Lipinski definition) is 2. The molecule has 6 rings (SSSR count). The number of rotatable bonds is 6. The molecule has 0 aromatic carbocycles. The molecule has 0 amide bonds. The Morgan fingerprint density at radius 3 is 2.52 bits per heavy atom. The van der Waals surface area contributed by atoms with Gasteiger partial charge in [0.05, 0.1) is 5.57 Å². The minimum atomic E-state index is -4.42. The first-order valence-corrected chi connectivity index (χ1v) is 15.2. The molecule has 1 aromatic rings. The van der Waals surface area contributed by atoms with E-state index < -0.39 is 17.7 Å². The summed E-state index contributed by atoms with van der Waals surface area (Å²) in [6.07, 6.45) is 24.0. The lowest BCUT2D eigenvalue weighted by Crippen LogP contribution is -2.33. The number of aromatic nitrogens is 2. The molecular formula is C35H39F3N4. The second-order valence-electron chi connectivity index (χ2n) is 12.2. The average molecular weight is 573 g/mol. The standard InChI is InChI=1S/C35H39F3N4/c1-23-19-34(23,30-14-16-39-17-15-30)29-12-10-25-6-3-4-8-31(26(18-25)11-13-29)28-21-41-33(42-22-28)40-20-27-7-5-9-32(24(27)2)35(36,37)38/h5-10,12-13,18,21-23,27,30,39H,2-4,11,14-17,19-20H2,1H3,(H,40,41,42). The molecular weight excluding hydrogens is 533 g/mol. The largest absolute Gasteiger partial charge is 0.416 e. The minimum Gasteiger partial charge on any atom is -0.353 e. The second kappa shape index (κ2) is 11.7. The zero-order valence-electron chi connectivity index (χ0n) is 24.2. The molecule has 2 bridgehead atoms. The Balaban J connectivity index is 1.18. The van der Waals surface area contributed by atoms with Crippen LogP contribution in [0.2, 0.25) is 0 Å². The molecule has 220 valence electrons. The van der Waals surface area contributed by atoms with E-state index in [0.717, 1.165) is 55.5 Å². The fourth-order valence-electron chi connectivity index (χ4n) is 7.28. The van der Waals surface area contributed by atoms with Crippen LogP contribution >= 0.6 is 0 Å². The third kappa shape index (κ3) is 5.76. The smallest absolute Gasteiger partial charge is 0.353 e. The van der Waals surface area contributed by atoms with E-state index in [1.54, 1.807) is 6.08 Å². The third-order valence-electron chi connectivity index (χ3n) is 9.70. The quantitative estimate of drug-likeness (QED) is 0.362. The second-order valence-corrected chi connectivity index (χ2v) is 12.2. The zero-order chi connectivity index (χ0) is 29.3. The van der Waals surface area contributed by atoms with E-state index in [4.69, 9.17) is 0 Å². The summed E-state index contributed by atoms with van der Waals surface area (Å²) in [4.78, 5) is 9.07. The molecule has 1 saturated heterocycles. The van der Waals surface area contributed by atoms with Gasteiger partial charge in [0.25, 0.3) is 0 Å². The fourth-order valence-corrected chi connectivity index (χ4v) is 7.28. The van der Waals surface area contributed by atoms with Crippen LogP contribution < -0.4 is 10.6 Å². The van der Waals surface area contributed by atoms with Crippen molar-refractivity contribution in [1.29, 1.82) is 0 Å². The summed E-state index contributed by atoms with van der Waals surface area (Å²) in [5, 5.41) is 6.63. The van der Waals surface area contributed by atoms with Crippen LogP contribution in [0.4, 0.5) is 19.1 Å². The van der Waals surface area contributed by atoms with E-state index in [9.17, 15) is 13.2 Å². The summed E-state index contributed by atoms with van der Waals surface area (Å²) in [5.41, 5.74) is 5.78. The number of nitrogens with zero attached hydrogens (tertiary/aromatic N) is 2. The Labute approximate surface area is 246 Å². The van der Waals surface area contributed by atoms with Crippen molar-refractivity contribution in [2.24, 2.45) is 23.2 Å². The van der Waals surface area contributed by atoms with E-state index in [1.165, 1.54) is 42.1 Å². The summed E-state index contributed by atoms with van der Waals surface area (Å²) in [7, 11) is 0. The monoisotopic (exact) mass is 572 g/mol. The first kappa shape index (κ1) is 28.7. The van der Waals surface area contributed by atoms with Crippen LogP contribution in [0.3, 0.4) is 0 Å². The Morgan fingerprint density at radius 1 is 1.07 bits per heavy atom. The molecule has 2 fully saturated rings. The summed E-state index contributed by atoms with van der Waals surface area (Å²) < 4.78 is 39.9. The molecule has 2 N–H and O–H groups in total. The lowest BCUT2D eigenvalue weighted by Gasteiger charge is -2.33. The maximum Gasteiger partial charge on any atom is 0.416 e. The first-order valence-electron chi connectivity index (χ1n) is 15.2. The van der Waals surface area contributed by atoms with Gasteiger partial charge in [-0.25, -0.2) is 9.97 Å². The number of nitrogens with one attached hydrogen (secondary N) is 2. The molecule has 1 saturated carbocycles. The molecule has 42 heavy (non-hydrogen) atoms. The molecule has 0 spiro atoms. The van der Waals surface area contributed by atoms with Gasteiger partial charge in [-0.1, -0.05) is 68.2 Å². The summed E-state index contributed by atoms with van der Waals surface area (Å²) in [6.45, 7) is 8.57. The van der Waals surface area contributed by atoms with Crippen molar-refractivity contribution in [3.8, 4) is 0 Å². The lowest BCUT2D eigenvalue weighted by atomic mass is 9.74. The van der Waals surface area contributed by atoms with Crippen molar-refractivity contribution in [2.75, 3.05) is 25.0 Å². The van der Waals surface area contributed by atoms with Crippen molar-refractivity contribution in [1.82, 2.24) is 15.3 Å². The number of anilines is 1. The topological polar surface area (TPSA) is 49.8 Å². The number of fused-ring (bicyclic) bond motifs is 1. The molecule has 2 heterocycles. The van der Waals surface area contributed by atoms with Gasteiger partial charge in [-0.2, -0.15) is 13.2 Å². The molecule has 4 aliphatic carbocycles. The van der Waals surface area contributed by atoms with E-state index in [1.807, 2.05) is 12.4 Å². The number of halogens is 3. The number of allylic oxidation sites excluding steroid dienone is 13. The van der Waals surface area contributed by atoms with Gasteiger partial charge >= 0.3 is 6.18 Å². The number of piperidine rings is 1. The lowest BCUT2D eigenvalue weighted by molar-refractivity contribution is -0.0899. The molecule has 4 nitrogen and oxygen atoms in total. The fraction of sp³-hybridized carbons (Fsp3) is 0.429. The van der Waals surface area contributed by atoms with Crippen molar-refractivity contribution >= 4 is 11.5 Å². The number of hydrogen-bond acceptors (Lipinski definition) is 4.